The molecular formula is C10H22ClNO3S. The summed E-state index contributed by atoms with van der Waals surface area (Å²) in [5, 5.41) is 8.73. The van der Waals surface area contributed by atoms with E-state index in [9.17, 15) is 8.42 Å². The number of aliphatic hydroxyl groups is 1. The summed E-state index contributed by atoms with van der Waals surface area (Å²) in [6.45, 7) is 8.26. The van der Waals surface area contributed by atoms with Crippen molar-refractivity contribution < 1.29 is 13.5 Å². The molecule has 0 aromatic heterocycles. The second-order valence-corrected chi connectivity index (χ2v) is 8.18. The molecule has 0 aliphatic carbocycles. The first-order chi connectivity index (χ1) is 7.03. The van der Waals surface area contributed by atoms with Crippen LogP contribution in [0.4, 0.5) is 0 Å². The number of hydrogen-bond donors (Lipinski definition) is 2. The molecule has 0 aliphatic rings. The van der Waals surface area contributed by atoms with Crippen molar-refractivity contribution in [1.29, 1.82) is 0 Å². The van der Waals surface area contributed by atoms with Gasteiger partial charge in [0.05, 0.1) is 22.8 Å². The zero-order chi connectivity index (χ0) is 13.1. The number of alkyl halides is 1. The van der Waals surface area contributed by atoms with Crippen LogP contribution in [0.15, 0.2) is 0 Å². The van der Waals surface area contributed by atoms with Crippen LogP contribution in [0, 0.1) is 5.92 Å². The molecule has 0 amide bonds. The summed E-state index contributed by atoms with van der Waals surface area (Å²) in [5.74, 6) is 0.0847. The molecule has 0 aromatic carbocycles. The maximum absolute atomic E-state index is 11.9. The summed E-state index contributed by atoms with van der Waals surface area (Å²) in [6, 6.07) is -0.647. The van der Waals surface area contributed by atoms with E-state index in [1.807, 2.05) is 13.8 Å². The average molecular weight is 272 g/mol. The molecule has 2 atom stereocenters. The molecule has 0 heterocycles. The van der Waals surface area contributed by atoms with Crippen molar-refractivity contribution in [1.82, 2.24) is 4.72 Å². The van der Waals surface area contributed by atoms with Crippen molar-refractivity contribution in [3.05, 3.63) is 0 Å². The van der Waals surface area contributed by atoms with Crippen molar-refractivity contribution in [3.63, 3.8) is 0 Å². The van der Waals surface area contributed by atoms with Gasteiger partial charge in [-0.1, -0.05) is 13.8 Å². The van der Waals surface area contributed by atoms with E-state index < -0.39 is 26.2 Å². The Bertz CT molecular complexity index is 309. The largest absolute Gasteiger partial charge is 0.395 e. The van der Waals surface area contributed by atoms with Gasteiger partial charge in [0.15, 0.2) is 0 Å². The highest BCUT2D eigenvalue weighted by Gasteiger charge is 2.33. The smallest absolute Gasteiger partial charge is 0.216 e. The lowest BCUT2D eigenvalue weighted by Crippen LogP contribution is -2.50. The quantitative estimate of drug-likeness (QED) is 0.742. The van der Waals surface area contributed by atoms with E-state index in [-0.39, 0.29) is 12.5 Å². The lowest BCUT2D eigenvalue weighted by molar-refractivity contribution is 0.242. The van der Waals surface area contributed by atoms with Gasteiger partial charge in [-0.05, 0) is 26.7 Å². The van der Waals surface area contributed by atoms with Crippen molar-refractivity contribution in [2.75, 3.05) is 6.61 Å². The summed E-state index contributed by atoms with van der Waals surface area (Å²) in [4.78, 5) is 0. The van der Waals surface area contributed by atoms with Crippen LogP contribution in [0.3, 0.4) is 0 Å². The maximum Gasteiger partial charge on any atom is 0.216 e. The van der Waals surface area contributed by atoms with E-state index in [0.29, 0.717) is 0 Å². The highest BCUT2D eigenvalue weighted by Crippen LogP contribution is 2.18. The van der Waals surface area contributed by atoms with Crippen LogP contribution < -0.4 is 4.72 Å². The molecular weight excluding hydrogens is 250 g/mol. The van der Waals surface area contributed by atoms with E-state index in [1.165, 1.54) is 0 Å². The molecule has 0 saturated carbocycles. The van der Waals surface area contributed by atoms with Crippen LogP contribution in [0.2, 0.25) is 0 Å². The first-order valence-electron chi connectivity index (χ1n) is 5.29. The summed E-state index contributed by atoms with van der Waals surface area (Å²) in [6.07, 6.45) is 0. The highest BCUT2D eigenvalue weighted by molar-refractivity contribution is 7.90. The van der Waals surface area contributed by atoms with Crippen molar-refractivity contribution in [2.24, 2.45) is 5.92 Å². The summed E-state index contributed by atoms with van der Waals surface area (Å²) < 4.78 is 25.3. The summed E-state index contributed by atoms with van der Waals surface area (Å²) >= 11 is 6.05. The first kappa shape index (κ1) is 16.2. The molecule has 0 aliphatic heterocycles. The van der Waals surface area contributed by atoms with E-state index >= 15 is 0 Å². The fourth-order valence-corrected chi connectivity index (χ4v) is 2.23. The lowest BCUT2D eigenvalue weighted by atomic mass is 10.0. The highest BCUT2D eigenvalue weighted by atomic mass is 35.5. The van der Waals surface area contributed by atoms with Crippen molar-refractivity contribution in [2.45, 2.75) is 50.8 Å². The molecule has 0 saturated heterocycles. The first-order valence-corrected chi connectivity index (χ1v) is 7.21. The Kier molecular flexibility index (Phi) is 5.72. The number of rotatable bonds is 5. The number of aliphatic hydroxyl groups excluding tert-OH is 1. The zero-order valence-corrected chi connectivity index (χ0v) is 12.1. The van der Waals surface area contributed by atoms with Gasteiger partial charge in [0.25, 0.3) is 0 Å². The van der Waals surface area contributed by atoms with Gasteiger partial charge in [-0.15, -0.1) is 11.6 Å². The molecule has 6 heteroatoms. The third kappa shape index (κ3) is 4.20. The van der Waals surface area contributed by atoms with Gasteiger partial charge in [-0.25, -0.2) is 13.1 Å². The minimum Gasteiger partial charge on any atom is -0.395 e. The monoisotopic (exact) mass is 271 g/mol. The zero-order valence-electron chi connectivity index (χ0n) is 10.5. The fourth-order valence-electron chi connectivity index (χ4n) is 1.04. The molecule has 2 N–H and O–H groups in total. The summed E-state index contributed by atoms with van der Waals surface area (Å²) in [5.41, 5.74) is 0. The predicted molar refractivity (Wildman–Crippen MR) is 67.2 cm³/mol. The standard InChI is InChI=1S/C10H22ClNO3S/c1-7(2)9(11)8(6-13)12-16(14,15)10(3,4)5/h7-9,12-13H,6H2,1-5H3/t8-,9+/m0/s1. The van der Waals surface area contributed by atoms with Gasteiger partial charge < -0.3 is 5.11 Å². The molecule has 0 bridgehead atoms. The molecule has 4 nitrogen and oxygen atoms in total. The van der Waals surface area contributed by atoms with Crippen LogP contribution in [-0.2, 0) is 10.0 Å². The Balaban J connectivity index is 4.82. The predicted octanol–water partition coefficient (Wildman–Crippen LogP) is 1.33. The molecule has 0 rings (SSSR count). The van der Waals surface area contributed by atoms with Crippen LogP contribution >= 0.6 is 11.6 Å². The van der Waals surface area contributed by atoms with Gasteiger partial charge in [0.1, 0.15) is 0 Å². The van der Waals surface area contributed by atoms with Crippen molar-refractivity contribution >= 4 is 21.6 Å². The van der Waals surface area contributed by atoms with Gasteiger partial charge in [-0.3, -0.25) is 0 Å². The molecule has 0 radical (unpaired) electrons. The maximum atomic E-state index is 11.9. The molecule has 98 valence electrons. The Morgan fingerprint density at radius 3 is 2.00 bits per heavy atom. The second-order valence-electron chi connectivity index (χ2n) is 5.21. The summed E-state index contributed by atoms with van der Waals surface area (Å²) in [7, 11) is -3.48. The Hall–Kier alpha value is 0.160. The number of halogens is 1. The molecule has 0 fully saturated rings. The number of hydrogen-bond acceptors (Lipinski definition) is 3. The Morgan fingerprint density at radius 2 is 1.75 bits per heavy atom. The van der Waals surface area contributed by atoms with Crippen LogP contribution in [-0.4, -0.2) is 36.3 Å². The van der Waals surface area contributed by atoms with E-state index in [4.69, 9.17) is 16.7 Å². The van der Waals surface area contributed by atoms with Crippen LogP contribution in [0.25, 0.3) is 0 Å². The Morgan fingerprint density at radius 1 is 1.31 bits per heavy atom. The van der Waals surface area contributed by atoms with Gasteiger partial charge >= 0.3 is 0 Å². The minimum atomic E-state index is -3.48. The molecule has 0 aromatic rings. The Labute approximate surface area is 103 Å². The van der Waals surface area contributed by atoms with Gasteiger partial charge in [0.2, 0.25) is 10.0 Å². The topological polar surface area (TPSA) is 66.4 Å². The van der Waals surface area contributed by atoms with E-state index in [1.54, 1.807) is 20.8 Å². The minimum absolute atomic E-state index is 0.0847. The number of nitrogens with one attached hydrogen (secondary N) is 1. The molecule has 16 heavy (non-hydrogen) atoms. The third-order valence-electron chi connectivity index (χ3n) is 2.33. The van der Waals surface area contributed by atoms with E-state index in [2.05, 4.69) is 4.72 Å². The van der Waals surface area contributed by atoms with Crippen LogP contribution in [0.1, 0.15) is 34.6 Å². The number of sulfonamides is 1. The SMILES string of the molecule is CC(C)[C@@H](Cl)[C@H](CO)NS(=O)(=O)C(C)(C)C. The second kappa shape index (κ2) is 5.67. The lowest BCUT2D eigenvalue weighted by Gasteiger charge is -2.28. The van der Waals surface area contributed by atoms with E-state index in [0.717, 1.165) is 0 Å². The van der Waals surface area contributed by atoms with Crippen LogP contribution in [0.5, 0.6) is 0 Å². The molecule has 0 unspecified atom stereocenters. The average Bonchev–Trinajstić information content (AvgIpc) is 2.11. The van der Waals surface area contributed by atoms with Gasteiger partial charge in [0, 0.05) is 0 Å². The van der Waals surface area contributed by atoms with Crippen molar-refractivity contribution in [3.8, 4) is 0 Å². The fraction of sp³-hybridized carbons (Fsp3) is 1.00. The normalized spacial score (nSPS) is 17.5. The van der Waals surface area contributed by atoms with Gasteiger partial charge in [-0.2, -0.15) is 0 Å². The molecule has 0 spiro atoms. The third-order valence-corrected chi connectivity index (χ3v) is 5.36.